The number of nitrogens with one attached hydrogen (secondary N) is 1. The first-order chi connectivity index (χ1) is 8.20. The van der Waals surface area contributed by atoms with Crippen LogP contribution in [0.25, 0.3) is 0 Å². The largest absolute Gasteiger partial charge is 0.369 e. The van der Waals surface area contributed by atoms with E-state index in [1.807, 2.05) is 0 Å². The predicted molar refractivity (Wildman–Crippen MR) is 80.5 cm³/mol. The molecule has 2 nitrogen and oxygen atoms in total. The van der Waals surface area contributed by atoms with Crippen molar-refractivity contribution < 1.29 is 0 Å². The van der Waals surface area contributed by atoms with E-state index < -0.39 is 0 Å². The highest BCUT2D eigenvalue weighted by atomic mass is 15.3. The van der Waals surface area contributed by atoms with Crippen molar-refractivity contribution in [3.8, 4) is 0 Å². The Hall–Kier alpha value is -1.02. The van der Waals surface area contributed by atoms with Crippen molar-refractivity contribution in [2.45, 2.75) is 46.7 Å². The minimum Gasteiger partial charge on any atom is -0.369 e. The lowest BCUT2D eigenvalue weighted by molar-refractivity contribution is 0.169. The molecule has 0 aliphatic carbocycles. The first-order valence-electron chi connectivity index (χ1n) is 6.77. The van der Waals surface area contributed by atoms with Crippen molar-refractivity contribution in [3.05, 3.63) is 36.6 Å². The molecule has 0 bridgehead atoms. The van der Waals surface area contributed by atoms with Gasteiger partial charge in [-0.25, -0.2) is 0 Å². The summed E-state index contributed by atoms with van der Waals surface area (Å²) in [4.78, 5) is 2.30. The molecular formula is C16H28N2. The molecule has 0 saturated carbocycles. The number of likely N-dealkylation sites (tertiary alicyclic amines) is 1. The molecule has 1 saturated heterocycles. The van der Waals surface area contributed by atoms with E-state index in [-0.39, 0.29) is 5.41 Å². The maximum absolute atomic E-state index is 4.11. The Kier molecular flexibility index (Phi) is 4.80. The quantitative estimate of drug-likeness (QED) is 0.751. The van der Waals surface area contributed by atoms with Crippen LogP contribution in [-0.2, 0) is 0 Å². The first-order valence-corrected chi connectivity index (χ1v) is 6.77. The molecule has 0 radical (unpaired) electrons. The molecule has 1 fully saturated rings. The van der Waals surface area contributed by atoms with Gasteiger partial charge in [-0.1, -0.05) is 53.9 Å². The predicted octanol–water partition coefficient (Wildman–Crippen LogP) is 3.34. The minimum absolute atomic E-state index is 0.132. The number of rotatable bonds is 5. The lowest BCUT2D eigenvalue weighted by Gasteiger charge is -2.42. The van der Waals surface area contributed by atoms with Crippen LogP contribution in [-0.4, -0.2) is 30.1 Å². The van der Waals surface area contributed by atoms with E-state index in [9.17, 15) is 0 Å². The van der Waals surface area contributed by atoms with Gasteiger partial charge in [-0.3, -0.25) is 0 Å². The fourth-order valence-corrected chi connectivity index (χ4v) is 1.84. The van der Waals surface area contributed by atoms with Gasteiger partial charge in [0, 0.05) is 30.9 Å². The maximum atomic E-state index is 4.11. The SMILES string of the molecule is C=C(/C=C\C(=C)C(C)(C)C)N1CC(NC(C)C)C1. The molecule has 1 aliphatic heterocycles. The Morgan fingerprint density at radius 3 is 2.22 bits per heavy atom. The van der Waals surface area contributed by atoms with Gasteiger partial charge >= 0.3 is 0 Å². The summed E-state index contributed by atoms with van der Waals surface area (Å²) in [5.74, 6) is 0. The summed E-state index contributed by atoms with van der Waals surface area (Å²) in [7, 11) is 0. The van der Waals surface area contributed by atoms with Crippen LogP contribution in [0.2, 0.25) is 0 Å². The van der Waals surface area contributed by atoms with Crippen LogP contribution in [0.4, 0.5) is 0 Å². The summed E-state index contributed by atoms with van der Waals surface area (Å²) in [5, 5.41) is 3.53. The van der Waals surface area contributed by atoms with Gasteiger partial charge in [0.25, 0.3) is 0 Å². The molecule has 0 aromatic heterocycles. The summed E-state index contributed by atoms with van der Waals surface area (Å²) in [5.41, 5.74) is 2.36. The van der Waals surface area contributed by atoms with Crippen molar-refractivity contribution in [2.24, 2.45) is 5.41 Å². The highest BCUT2D eigenvalue weighted by Gasteiger charge is 2.26. The Morgan fingerprint density at radius 2 is 1.78 bits per heavy atom. The molecule has 0 spiro atoms. The van der Waals surface area contributed by atoms with Crippen LogP contribution < -0.4 is 5.32 Å². The van der Waals surface area contributed by atoms with Crippen LogP contribution in [0.5, 0.6) is 0 Å². The summed E-state index contributed by atoms with van der Waals surface area (Å²) >= 11 is 0. The van der Waals surface area contributed by atoms with E-state index in [0.717, 1.165) is 24.4 Å². The van der Waals surface area contributed by atoms with Crippen LogP contribution in [0, 0.1) is 5.41 Å². The molecule has 0 aromatic rings. The topological polar surface area (TPSA) is 15.3 Å². The number of nitrogens with zero attached hydrogens (tertiary/aromatic N) is 1. The summed E-state index contributed by atoms with van der Waals surface area (Å²) in [6.45, 7) is 21.2. The Balaban J connectivity index is 2.36. The van der Waals surface area contributed by atoms with E-state index in [1.165, 1.54) is 0 Å². The van der Waals surface area contributed by atoms with Crippen molar-refractivity contribution >= 4 is 0 Å². The van der Waals surface area contributed by atoms with Crippen LogP contribution in [0.1, 0.15) is 34.6 Å². The number of hydrogen-bond donors (Lipinski definition) is 1. The van der Waals surface area contributed by atoms with E-state index in [2.05, 4.69) is 70.1 Å². The highest BCUT2D eigenvalue weighted by Crippen LogP contribution is 2.25. The molecule has 2 heteroatoms. The molecule has 0 atom stereocenters. The molecule has 102 valence electrons. The van der Waals surface area contributed by atoms with E-state index >= 15 is 0 Å². The van der Waals surface area contributed by atoms with Crippen molar-refractivity contribution in [1.29, 1.82) is 0 Å². The zero-order valence-corrected chi connectivity index (χ0v) is 12.6. The lowest BCUT2D eigenvalue weighted by atomic mass is 9.87. The molecule has 0 amide bonds. The molecule has 1 aliphatic rings. The van der Waals surface area contributed by atoms with Crippen molar-refractivity contribution in [3.63, 3.8) is 0 Å². The molecule has 0 unspecified atom stereocenters. The molecule has 18 heavy (non-hydrogen) atoms. The second-order valence-electron chi connectivity index (χ2n) is 6.52. The van der Waals surface area contributed by atoms with Gasteiger partial charge in [-0.15, -0.1) is 0 Å². The van der Waals surface area contributed by atoms with Gasteiger partial charge in [-0.2, -0.15) is 0 Å². The van der Waals surface area contributed by atoms with E-state index in [0.29, 0.717) is 12.1 Å². The average Bonchev–Trinajstić information content (AvgIpc) is 2.16. The second kappa shape index (κ2) is 5.75. The Bertz CT molecular complexity index is 339. The zero-order valence-electron chi connectivity index (χ0n) is 12.6. The normalized spacial score (nSPS) is 17.3. The average molecular weight is 248 g/mol. The van der Waals surface area contributed by atoms with Gasteiger partial charge in [0.2, 0.25) is 0 Å². The molecule has 0 aromatic carbocycles. The Labute approximate surface area is 112 Å². The molecule has 1 rings (SSSR count). The van der Waals surface area contributed by atoms with Crippen LogP contribution in [0.3, 0.4) is 0 Å². The van der Waals surface area contributed by atoms with Crippen LogP contribution >= 0.6 is 0 Å². The lowest BCUT2D eigenvalue weighted by Crippen LogP contribution is -2.58. The van der Waals surface area contributed by atoms with Crippen molar-refractivity contribution in [1.82, 2.24) is 10.2 Å². The first kappa shape index (κ1) is 15.0. The molecule has 1 N–H and O–H groups in total. The highest BCUT2D eigenvalue weighted by molar-refractivity contribution is 5.28. The summed E-state index contributed by atoms with van der Waals surface area (Å²) < 4.78 is 0. The van der Waals surface area contributed by atoms with E-state index in [1.54, 1.807) is 0 Å². The van der Waals surface area contributed by atoms with Gasteiger partial charge in [0.1, 0.15) is 0 Å². The summed E-state index contributed by atoms with van der Waals surface area (Å²) in [6.07, 6.45) is 4.17. The van der Waals surface area contributed by atoms with Gasteiger partial charge in [0.15, 0.2) is 0 Å². The third-order valence-electron chi connectivity index (χ3n) is 3.30. The monoisotopic (exact) mass is 248 g/mol. The van der Waals surface area contributed by atoms with Gasteiger partial charge in [0.05, 0.1) is 0 Å². The number of hydrogen-bond acceptors (Lipinski definition) is 2. The Morgan fingerprint density at radius 1 is 1.22 bits per heavy atom. The van der Waals surface area contributed by atoms with Gasteiger partial charge < -0.3 is 10.2 Å². The fraction of sp³-hybridized carbons (Fsp3) is 0.625. The second-order valence-corrected chi connectivity index (χ2v) is 6.52. The van der Waals surface area contributed by atoms with Gasteiger partial charge in [-0.05, 0) is 17.1 Å². The minimum atomic E-state index is 0.132. The number of allylic oxidation sites excluding steroid dienone is 3. The zero-order chi connectivity index (χ0) is 13.9. The standard InChI is InChI=1S/C16H28N2/c1-12(2)17-15-10-18(11-15)14(4)9-8-13(3)16(5,6)7/h8-9,12,15,17H,3-4,10-11H2,1-2,5-7H3/b9-8-. The molecular weight excluding hydrogens is 220 g/mol. The van der Waals surface area contributed by atoms with Crippen LogP contribution in [0.15, 0.2) is 36.6 Å². The molecule has 1 heterocycles. The summed E-state index contributed by atoms with van der Waals surface area (Å²) in [6, 6.07) is 1.17. The fourth-order valence-electron chi connectivity index (χ4n) is 1.84. The maximum Gasteiger partial charge on any atom is 0.0422 e. The van der Waals surface area contributed by atoms with Crippen molar-refractivity contribution in [2.75, 3.05) is 13.1 Å². The smallest absolute Gasteiger partial charge is 0.0422 e. The third-order valence-corrected chi connectivity index (χ3v) is 3.30. The third kappa shape index (κ3) is 4.34. The van der Waals surface area contributed by atoms with E-state index in [4.69, 9.17) is 0 Å².